The van der Waals surface area contributed by atoms with Crippen molar-refractivity contribution in [1.82, 2.24) is 0 Å². The molecule has 8 heteroatoms. The number of para-hydroxylation sites is 1. The number of carbonyl (C=O) groups excluding carboxylic acids is 2. The van der Waals surface area contributed by atoms with Crippen molar-refractivity contribution in [2.45, 2.75) is 32.6 Å². The zero-order chi connectivity index (χ0) is 24.6. The van der Waals surface area contributed by atoms with E-state index in [1.54, 1.807) is 36.6 Å². The Balaban J connectivity index is 1.57. The maximum absolute atomic E-state index is 13.2. The molecule has 7 nitrogen and oxygen atoms in total. The Kier molecular flexibility index (Phi) is 8.15. The predicted molar refractivity (Wildman–Crippen MR) is 138 cm³/mol. The van der Waals surface area contributed by atoms with Gasteiger partial charge in [0.05, 0.1) is 19.3 Å². The lowest BCUT2D eigenvalue weighted by molar-refractivity contribution is -0.145. The highest BCUT2D eigenvalue weighted by atomic mass is 32.1. The van der Waals surface area contributed by atoms with E-state index in [0.29, 0.717) is 28.7 Å². The maximum Gasteiger partial charge on any atom is 0.344 e. The van der Waals surface area contributed by atoms with E-state index in [1.165, 1.54) is 12.0 Å². The molecule has 1 aromatic heterocycles. The highest BCUT2D eigenvalue weighted by Gasteiger charge is 2.25. The van der Waals surface area contributed by atoms with Crippen molar-refractivity contribution >= 4 is 40.1 Å². The first-order chi connectivity index (χ1) is 17.1. The van der Waals surface area contributed by atoms with Gasteiger partial charge in [0.1, 0.15) is 5.00 Å². The topological polar surface area (TPSA) is 86.2 Å². The summed E-state index contributed by atoms with van der Waals surface area (Å²) in [6.45, 7) is 1.85. The lowest BCUT2D eigenvalue weighted by Crippen LogP contribution is -2.15. The van der Waals surface area contributed by atoms with Crippen molar-refractivity contribution in [1.29, 1.82) is 0 Å². The van der Waals surface area contributed by atoms with E-state index in [2.05, 4.69) is 5.32 Å². The predicted octanol–water partition coefficient (Wildman–Crippen LogP) is 5.58. The molecule has 0 fully saturated rings. The quantitative estimate of drug-likeness (QED) is 0.311. The number of hydrogen-bond donors (Lipinski definition) is 1. The molecule has 0 saturated heterocycles. The van der Waals surface area contributed by atoms with Crippen LogP contribution in [0.25, 0.3) is 0 Å². The zero-order valence-corrected chi connectivity index (χ0v) is 20.7. The fourth-order valence-electron chi connectivity index (χ4n) is 3.95. The first-order valence-corrected chi connectivity index (χ1v) is 12.4. The fraction of sp³-hybridized carbons (Fsp3) is 0.296. The third-order valence-corrected chi connectivity index (χ3v) is 6.78. The van der Waals surface area contributed by atoms with Crippen molar-refractivity contribution < 1.29 is 23.8 Å². The Morgan fingerprint density at radius 3 is 2.66 bits per heavy atom. The van der Waals surface area contributed by atoms with Crippen LogP contribution in [-0.2, 0) is 22.4 Å². The number of anilines is 1. The molecule has 1 N–H and O–H groups in total. The number of aliphatic imine (C=N–C) groups is 1. The van der Waals surface area contributed by atoms with Crippen LogP contribution < -0.4 is 14.8 Å². The number of hydrogen-bond acceptors (Lipinski definition) is 7. The van der Waals surface area contributed by atoms with E-state index in [0.717, 1.165) is 42.5 Å². The van der Waals surface area contributed by atoms with Crippen LogP contribution in [0.2, 0.25) is 0 Å². The molecule has 0 radical (unpaired) electrons. The van der Waals surface area contributed by atoms with Crippen LogP contribution >= 0.6 is 11.3 Å². The smallest absolute Gasteiger partial charge is 0.344 e. The molecule has 1 heterocycles. The number of thiophene rings is 1. The molecule has 0 aliphatic heterocycles. The van der Waals surface area contributed by atoms with Crippen LogP contribution in [0.4, 0.5) is 10.7 Å². The molecular formula is C27H28N2O5S. The summed E-state index contributed by atoms with van der Waals surface area (Å²) in [6, 6.07) is 14.8. The minimum atomic E-state index is -0.442. The molecule has 2 aromatic carbocycles. The van der Waals surface area contributed by atoms with Gasteiger partial charge in [-0.05, 0) is 74.1 Å². The Bertz CT molecular complexity index is 1220. The largest absolute Gasteiger partial charge is 0.493 e. The first kappa shape index (κ1) is 24.5. The number of rotatable bonds is 9. The second kappa shape index (κ2) is 11.7. The van der Waals surface area contributed by atoms with Gasteiger partial charge < -0.3 is 19.5 Å². The third kappa shape index (κ3) is 6.08. The molecule has 0 bridgehead atoms. The Hall–Kier alpha value is -3.65. The number of esters is 1. The van der Waals surface area contributed by atoms with Crippen LogP contribution in [0.5, 0.6) is 11.5 Å². The molecule has 0 unspecified atom stereocenters. The molecule has 0 atom stereocenters. The molecule has 1 amide bonds. The van der Waals surface area contributed by atoms with Gasteiger partial charge in [0.15, 0.2) is 18.1 Å². The number of aryl methyl sites for hydroxylation is 1. The highest BCUT2D eigenvalue weighted by molar-refractivity contribution is 7.16. The molecule has 3 aromatic rings. The highest BCUT2D eigenvalue weighted by Crippen LogP contribution is 2.40. The number of nitrogens with zero attached hydrogens (tertiary/aromatic N) is 1. The van der Waals surface area contributed by atoms with Gasteiger partial charge in [-0.1, -0.05) is 18.2 Å². The van der Waals surface area contributed by atoms with Gasteiger partial charge in [-0.15, -0.1) is 11.3 Å². The van der Waals surface area contributed by atoms with Gasteiger partial charge in [0.25, 0.3) is 5.91 Å². The lowest BCUT2D eigenvalue weighted by atomic mass is 9.95. The Labute approximate surface area is 208 Å². The summed E-state index contributed by atoms with van der Waals surface area (Å²) >= 11 is 1.58. The van der Waals surface area contributed by atoms with Crippen LogP contribution in [0, 0.1) is 0 Å². The van der Waals surface area contributed by atoms with Gasteiger partial charge in [-0.25, -0.2) is 9.79 Å². The monoisotopic (exact) mass is 492 g/mol. The van der Waals surface area contributed by atoms with Gasteiger partial charge in [0, 0.05) is 16.8 Å². The summed E-state index contributed by atoms with van der Waals surface area (Å²) in [5.74, 6) is 0.337. The molecule has 182 valence electrons. The van der Waals surface area contributed by atoms with Crippen molar-refractivity contribution in [2.24, 2.45) is 4.99 Å². The summed E-state index contributed by atoms with van der Waals surface area (Å²) < 4.78 is 15.8. The van der Waals surface area contributed by atoms with Crippen LogP contribution in [0.1, 0.15) is 46.1 Å². The molecule has 0 spiro atoms. The summed E-state index contributed by atoms with van der Waals surface area (Å²) in [5.41, 5.74) is 3.31. The van der Waals surface area contributed by atoms with E-state index in [4.69, 9.17) is 19.2 Å². The van der Waals surface area contributed by atoms with E-state index in [9.17, 15) is 9.59 Å². The van der Waals surface area contributed by atoms with E-state index < -0.39 is 5.97 Å². The molecule has 1 aliphatic carbocycles. The number of nitrogens with one attached hydrogen (secondary N) is 1. The van der Waals surface area contributed by atoms with Gasteiger partial charge in [-0.3, -0.25) is 4.79 Å². The van der Waals surface area contributed by atoms with Crippen LogP contribution in [0.3, 0.4) is 0 Å². The molecule has 35 heavy (non-hydrogen) atoms. The van der Waals surface area contributed by atoms with E-state index >= 15 is 0 Å². The first-order valence-electron chi connectivity index (χ1n) is 11.6. The summed E-state index contributed by atoms with van der Waals surface area (Å²) in [5, 5.41) is 3.71. The minimum absolute atomic E-state index is 0.136. The number of ether oxygens (including phenoxy) is 3. The van der Waals surface area contributed by atoms with Crippen LogP contribution in [-0.4, -0.2) is 38.4 Å². The maximum atomic E-state index is 13.2. The van der Waals surface area contributed by atoms with Gasteiger partial charge in [0.2, 0.25) is 0 Å². The summed E-state index contributed by atoms with van der Waals surface area (Å²) in [6.07, 6.45) is 5.78. The van der Waals surface area contributed by atoms with Crippen molar-refractivity contribution in [3.63, 3.8) is 0 Å². The number of methoxy groups -OCH3 is 1. The SMILES string of the molecule is CCOC(=O)COc1ccc(C=Nc2sc3c(c2C(=O)Nc2ccccc2)CCCC3)cc1OC. The fourth-order valence-corrected chi connectivity index (χ4v) is 5.18. The molecular weight excluding hydrogens is 464 g/mol. The van der Waals surface area contributed by atoms with Gasteiger partial charge >= 0.3 is 5.97 Å². The minimum Gasteiger partial charge on any atom is -0.493 e. The third-order valence-electron chi connectivity index (χ3n) is 5.58. The molecule has 4 rings (SSSR count). The molecule has 0 saturated carbocycles. The van der Waals surface area contributed by atoms with Crippen LogP contribution in [0.15, 0.2) is 53.5 Å². The average molecular weight is 493 g/mol. The summed E-state index contributed by atoms with van der Waals surface area (Å²) in [4.78, 5) is 30.8. The van der Waals surface area contributed by atoms with Crippen molar-refractivity contribution in [2.75, 3.05) is 25.6 Å². The second-order valence-corrected chi connectivity index (χ2v) is 9.06. The Morgan fingerprint density at radius 1 is 1.09 bits per heavy atom. The van der Waals surface area contributed by atoms with Gasteiger partial charge in [-0.2, -0.15) is 0 Å². The standard InChI is InChI=1S/C27H28N2O5S/c1-3-33-24(30)17-34-21-14-13-18(15-22(21)32-2)16-28-27-25(20-11-7-8-12-23(20)35-27)26(31)29-19-9-5-4-6-10-19/h4-6,9-10,13-16H,3,7-8,11-12,17H2,1-2H3,(H,29,31). The zero-order valence-electron chi connectivity index (χ0n) is 19.8. The van der Waals surface area contributed by atoms with E-state index in [-0.39, 0.29) is 12.5 Å². The lowest BCUT2D eigenvalue weighted by Gasteiger charge is -2.12. The number of carbonyl (C=O) groups is 2. The Morgan fingerprint density at radius 2 is 1.89 bits per heavy atom. The van der Waals surface area contributed by atoms with E-state index in [1.807, 2.05) is 36.4 Å². The number of fused-ring (bicyclic) bond motifs is 1. The average Bonchev–Trinajstić information content (AvgIpc) is 3.25. The summed E-state index contributed by atoms with van der Waals surface area (Å²) in [7, 11) is 1.53. The normalized spacial score (nSPS) is 12.7. The number of amides is 1. The van der Waals surface area contributed by atoms with Crippen molar-refractivity contribution in [3.8, 4) is 11.5 Å². The molecule has 1 aliphatic rings. The number of benzene rings is 2. The van der Waals surface area contributed by atoms with Crippen molar-refractivity contribution in [3.05, 3.63) is 70.1 Å². The second-order valence-electron chi connectivity index (χ2n) is 7.97.